The topological polar surface area (TPSA) is 80.0 Å². The first-order valence-corrected chi connectivity index (χ1v) is 12.7. The van der Waals surface area contributed by atoms with Gasteiger partial charge in [-0.25, -0.2) is 0 Å². The first kappa shape index (κ1) is 24.6. The van der Waals surface area contributed by atoms with Gasteiger partial charge in [0.15, 0.2) is 11.0 Å². The molecule has 0 aliphatic carbocycles. The van der Waals surface area contributed by atoms with Crippen LogP contribution in [-0.4, -0.2) is 31.5 Å². The van der Waals surface area contributed by atoms with Crippen molar-refractivity contribution >= 4 is 62.5 Å². The van der Waals surface area contributed by atoms with Gasteiger partial charge in [0.05, 0.1) is 32.7 Å². The van der Waals surface area contributed by atoms with Gasteiger partial charge in [-0.3, -0.25) is 9.36 Å². The number of benzene rings is 3. The molecule has 0 radical (unpaired) electrons. The van der Waals surface area contributed by atoms with E-state index in [0.717, 1.165) is 21.3 Å². The summed E-state index contributed by atoms with van der Waals surface area (Å²) in [7, 11) is 0. The number of carbonyl (C=O) groups excluding carboxylic acids is 1. The highest BCUT2D eigenvalue weighted by atomic mass is 79.9. The Morgan fingerprint density at radius 3 is 2.68 bits per heavy atom. The zero-order chi connectivity index (χ0) is 24.4. The van der Waals surface area contributed by atoms with Crippen LogP contribution in [0, 0.1) is 13.8 Å². The first-order valence-electron chi connectivity index (χ1n) is 10.1. The molecule has 1 aromatic heterocycles. The Kier molecular flexibility index (Phi) is 7.52. The maximum atomic E-state index is 12.6. The van der Waals surface area contributed by atoms with E-state index >= 15 is 0 Å². The molecule has 0 aliphatic heterocycles. The van der Waals surface area contributed by atoms with Crippen molar-refractivity contribution in [1.82, 2.24) is 14.8 Å². The van der Waals surface area contributed by atoms with Crippen molar-refractivity contribution in [3.05, 3.63) is 80.2 Å². The molecule has 0 fully saturated rings. The van der Waals surface area contributed by atoms with Crippen LogP contribution in [0.4, 0.5) is 5.69 Å². The molecule has 34 heavy (non-hydrogen) atoms. The summed E-state index contributed by atoms with van der Waals surface area (Å²) in [6.07, 6.45) is 0. The Hall–Kier alpha value is -2.52. The normalized spacial score (nSPS) is 11.0. The second-order valence-electron chi connectivity index (χ2n) is 7.53. The van der Waals surface area contributed by atoms with E-state index < -0.39 is 0 Å². The Balaban J connectivity index is 1.69. The molecular formula is C24H19BrCl2N4O2S. The van der Waals surface area contributed by atoms with Crippen LogP contribution < -0.4 is 5.32 Å². The maximum absolute atomic E-state index is 12.6. The van der Waals surface area contributed by atoms with Crippen molar-refractivity contribution in [2.24, 2.45) is 0 Å². The second kappa shape index (κ2) is 10.4. The maximum Gasteiger partial charge on any atom is 0.234 e. The standard InChI is InChI=1S/C24H19BrCl2N4O2S/c1-13-6-8-19(14(2)10-13)31-23(16-11-15(25)7-9-20(16)32)29-30-24(31)34-12-21(33)28-18-5-3-4-17(26)22(18)27/h3-11,32H,12H2,1-2H3,(H,28,33). The molecule has 2 N–H and O–H groups in total. The fourth-order valence-electron chi connectivity index (χ4n) is 3.42. The van der Waals surface area contributed by atoms with Crippen molar-refractivity contribution < 1.29 is 9.90 Å². The number of aromatic hydroxyl groups is 1. The fraction of sp³-hybridized carbons (Fsp3) is 0.125. The van der Waals surface area contributed by atoms with Crippen molar-refractivity contribution in [3.63, 3.8) is 0 Å². The molecule has 0 saturated heterocycles. The number of rotatable bonds is 6. The largest absolute Gasteiger partial charge is 0.507 e. The molecule has 0 aliphatic rings. The lowest BCUT2D eigenvalue weighted by Crippen LogP contribution is -2.15. The average Bonchev–Trinajstić information content (AvgIpc) is 3.20. The summed E-state index contributed by atoms with van der Waals surface area (Å²) in [6, 6.07) is 16.2. The fourth-order valence-corrected chi connectivity index (χ4v) is 4.87. The van der Waals surface area contributed by atoms with E-state index in [1.807, 2.05) is 30.5 Å². The molecule has 0 spiro atoms. The van der Waals surface area contributed by atoms with E-state index in [9.17, 15) is 9.90 Å². The number of nitrogens with zero attached hydrogens (tertiary/aromatic N) is 3. The minimum Gasteiger partial charge on any atom is -0.507 e. The summed E-state index contributed by atoms with van der Waals surface area (Å²) in [4.78, 5) is 12.6. The van der Waals surface area contributed by atoms with Crippen molar-refractivity contribution in [3.8, 4) is 22.8 Å². The van der Waals surface area contributed by atoms with E-state index in [1.54, 1.807) is 36.4 Å². The smallest absolute Gasteiger partial charge is 0.234 e. The van der Waals surface area contributed by atoms with Gasteiger partial charge in [-0.2, -0.15) is 0 Å². The van der Waals surface area contributed by atoms with Crippen LogP contribution in [0.25, 0.3) is 17.1 Å². The molecule has 1 heterocycles. The predicted molar refractivity (Wildman–Crippen MR) is 141 cm³/mol. The highest BCUT2D eigenvalue weighted by Crippen LogP contribution is 2.36. The summed E-state index contributed by atoms with van der Waals surface area (Å²) in [5.41, 5.74) is 3.94. The SMILES string of the molecule is Cc1ccc(-n2c(SCC(=O)Nc3cccc(Cl)c3Cl)nnc2-c2cc(Br)ccc2O)c(C)c1. The van der Waals surface area contributed by atoms with Crippen molar-refractivity contribution in [1.29, 1.82) is 0 Å². The lowest BCUT2D eigenvalue weighted by molar-refractivity contribution is -0.113. The number of halogens is 3. The highest BCUT2D eigenvalue weighted by molar-refractivity contribution is 9.10. The van der Waals surface area contributed by atoms with Crippen LogP contribution in [0.15, 0.2) is 64.2 Å². The quantitative estimate of drug-likeness (QED) is 0.240. The summed E-state index contributed by atoms with van der Waals surface area (Å²) in [5, 5.41) is 23.1. The number of hydrogen-bond donors (Lipinski definition) is 2. The Morgan fingerprint density at radius 1 is 1.12 bits per heavy atom. The number of phenolic OH excluding ortho intramolecular Hbond substituents is 1. The lowest BCUT2D eigenvalue weighted by Gasteiger charge is -2.14. The lowest BCUT2D eigenvalue weighted by atomic mass is 10.1. The predicted octanol–water partition coefficient (Wildman–Crippen LogP) is 7.06. The Bertz CT molecular complexity index is 1390. The summed E-state index contributed by atoms with van der Waals surface area (Å²) in [6.45, 7) is 4.01. The van der Waals surface area contributed by atoms with E-state index in [4.69, 9.17) is 23.2 Å². The minimum absolute atomic E-state index is 0.0658. The number of hydrogen-bond acceptors (Lipinski definition) is 5. The third-order valence-electron chi connectivity index (χ3n) is 4.98. The van der Waals surface area contributed by atoms with E-state index in [-0.39, 0.29) is 22.4 Å². The molecule has 174 valence electrons. The third kappa shape index (κ3) is 5.25. The molecule has 0 saturated carbocycles. The molecular weight excluding hydrogens is 559 g/mol. The molecule has 0 atom stereocenters. The van der Waals surface area contributed by atoms with E-state index in [0.29, 0.717) is 27.3 Å². The summed E-state index contributed by atoms with van der Waals surface area (Å²) < 4.78 is 2.64. The highest BCUT2D eigenvalue weighted by Gasteiger charge is 2.21. The summed E-state index contributed by atoms with van der Waals surface area (Å²) in [5.74, 6) is 0.338. The Labute approximate surface area is 219 Å². The van der Waals surface area contributed by atoms with Gasteiger partial charge in [0, 0.05) is 4.47 Å². The van der Waals surface area contributed by atoms with Gasteiger partial charge in [-0.05, 0) is 55.8 Å². The van der Waals surface area contributed by atoms with Gasteiger partial charge in [0.25, 0.3) is 0 Å². The molecule has 10 heteroatoms. The number of anilines is 1. The van der Waals surface area contributed by atoms with Crippen LogP contribution in [-0.2, 0) is 4.79 Å². The molecule has 4 rings (SSSR count). The Morgan fingerprint density at radius 2 is 1.91 bits per heavy atom. The van der Waals surface area contributed by atoms with Gasteiger partial charge in [0.1, 0.15) is 5.75 Å². The second-order valence-corrected chi connectivity index (χ2v) is 10.2. The number of aromatic nitrogens is 3. The number of phenols is 1. The first-order chi connectivity index (χ1) is 16.2. The van der Waals surface area contributed by atoms with Crippen LogP contribution in [0.2, 0.25) is 10.0 Å². The minimum atomic E-state index is -0.267. The average molecular weight is 578 g/mol. The van der Waals surface area contributed by atoms with Gasteiger partial charge in [0.2, 0.25) is 5.91 Å². The van der Waals surface area contributed by atoms with Crippen LogP contribution >= 0.6 is 50.9 Å². The van der Waals surface area contributed by atoms with Crippen LogP contribution in [0.5, 0.6) is 5.75 Å². The monoisotopic (exact) mass is 576 g/mol. The number of thioether (sulfide) groups is 1. The molecule has 0 bridgehead atoms. The van der Waals surface area contributed by atoms with E-state index in [2.05, 4.69) is 37.5 Å². The van der Waals surface area contributed by atoms with Gasteiger partial charge in [-0.15, -0.1) is 10.2 Å². The van der Waals surface area contributed by atoms with Gasteiger partial charge < -0.3 is 10.4 Å². The molecule has 6 nitrogen and oxygen atoms in total. The third-order valence-corrected chi connectivity index (χ3v) is 7.23. The van der Waals surface area contributed by atoms with Crippen molar-refractivity contribution in [2.75, 3.05) is 11.1 Å². The zero-order valence-corrected chi connectivity index (χ0v) is 22.1. The molecule has 0 unspecified atom stereocenters. The number of amides is 1. The van der Waals surface area contributed by atoms with Gasteiger partial charge in [-0.1, -0.05) is 74.7 Å². The zero-order valence-electron chi connectivity index (χ0n) is 18.1. The molecule has 1 amide bonds. The molecule has 3 aromatic carbocycles. The van der Waals surface area contributed by atoms with E-state index in [1.165, 1.54) is 11.8 Å². The summed E-state index contributed by atoms with van der Waals surface area (Å²) >= 11 is 16.9. The van der Waals surface area contributed by atoms with Crippen LogP contribution in [0.3, 0.4) is 0 Å². The van der Waals surface area contributed by atoms with Crippen LogP contribution in [0.1, 0.15) is 11.1 Å². The number of carbonyl (C=O) groups is 1. The molecule has 4 aromatic rings. The number of aryl methyl sites for hydroxylation is 2. The van der Waals surface area contributed by atoms with Gasteiger partial charge >= 0.3 is 0 Å². The number of nitrogens with one attached hydrogen (secondary N) is 1. The van der Waals surface area contributed by atoms with Crippen molar-refractivity contribution in [2.45, 2.75) is 19.0 Å².